The van der Waals surface area contributed by atoms with Crippen LogP contribution in [0.1, 0.15) is 63.8 Å². The number of carbonyl (C=O) groups excluding carboxylic acids is 1. The Hall–Kier alpha value is -3.31. The minimum atomic E-state index is -0.268. The van der Waals surface area contributed by atoms with Gasteiger partial charge in [0.1, 0.15) is 17.6 Å². The molecule has 1 aliphatic heterocycles. The normalized spacial score (nSPS) is 17.8. The molecule has 2 aliphatic rings. The number of hydrogen-bond donors (Lipinski definition) is 1. The van der Waals surface area contributed by atoms with Crippen molar-refractivity contribution in [1.29, 1.82) is 0 Å². The molecule has 0 spiro atoms. The van der Waals surface area contributed by atoms with Crippen LogP contribution in [0.15, 0.2) is 79.0 Å². The van der Waals surface area contributed by atoms with E-state index < -0.39 is 0 Å². The van der Waals surface area contributed by atoms with Crippen molar-refractivity contribution in [3.63, 3.8) is 0 Å². The van der Waals surface area contributed by atoms with Crippen molar-refractivity contribution in [2.45, 2.75) is 56.9 Å². The van der Waals surface area contributed by atoms with E-state index in [2.05, 4.69) is 29.6 Å². The first-order valence-corrected chi connectivity index (χ1v) is 13.5. The largest absolute Gasteiger partial charge is 0.359 e. The smallest absolute Gasteiger partial charge is 0.258 e. The first kappa shape index (κ1) is 22.2. The van der Waals surface area contributed by atoms with Crippen molar-refractivity contribution in [1.82, 2.24) is 4.98 Å². The predicted octanol–water partition coefficient (Wildman–Crippen LogP) is 6.41. The molecule has 0 saturated heterocycles. The van der Waals surface area contributed by atoms with E-state index in [9.17, 15) is 4.79 Å². The third kappa shape index (κ3) is 4.65. The number of nitrogens with zero attached hydrogens (tertiary/aromatic N) is 2. The molecular formula is C30H30N3OS+. The van der Waals surface area contributed by atoms with E-state index >= 15 is 0 Å². The highest BCUT2D eigenvalue weighted by Gasteiger charge is 2.41. The number of benzene rings is 2. The van der Waals surface area contributed by atoms with Gasteiger partial charge in [-0.15, -0.1) is 11.3 Å². The van der Waals surface area contributed by atoms with E-state index in [0.717, 1.165) is 22.8 Å². The monoisotopic (exact) mass is 480 g/mol. The minimum Gasteiger partial charge on any atom is -0.258 e. The number of carbonyl (C=O) groups is 1. The summed E-state index contributed by atoms with van der Waals surface area (Å²) in [6.45, 7) is 0. The van der Waals surface area contributed by atoms with E-state index in [1.807, 2.05) is 66.1 Å². The Morgan fingerprint density at radius 1 is 0.914 bits per heavy atom. The van der Waals surface area contributed by atoms with Gasteiger partial charge in [-0.1, -0.05) is 79.9 Å². The van der Waals surface area contributed by atoms with E-state index in [-0.39, 0.29) is 11.9 Å². The Morgan fingerprint density at radius 2 is 1.66 bits per heavy atom. The van der Waals surface area contributed by atoms with Crippen molar-refractivity contribution in [2.24, 2.45) is 0 Å². The van der Waals surface area contributed by atoms with Crippen LogP contribution in [0.3, 0.4) is 0 Å². The zero-order valence-electron chi connectivity index (χ0n) is 19.8. The van der Waals surface area contributed by atoms with Crippen LogP contribution < -0.4 is 9.88 Å². The van der Waals surface area contributed by atoms with Crippen molar-refractivity contribution >= 4 is 23.1 Å². The molecule has 1 aliphatic carbocycles. The summed E-state index contributed by atoms with van der Waals surface area (Å²) < 4.78 is 1.80. The number of hydrogen-bond acceptors (Lipinski definition) is 4. The maximum atomic E-state index is 13.6. The molecule has 5 heteroatoms. The summed E-state index contributed by atoms with van der Waals surface area (Å²) >= 11 is 1.90. The molecular weight excluding hydrogens is 450 g/mol. The highest BCUT2D eigenvalue weighted by molar-refractivity contribution is 7.12. The van der Waals surface area contributed by atoms with Crippen molar-refractivity contribution in [2.75, 3.05) is 5.32 Å². The molecule has 2 aromatic carbocycles. The minimum absolute atomic E-state index is 0.0986. The Kier molecular flexibility index (Phi) is 6.17. The van der Waals surface area contributed by atoms with Crippen LogP contribution in [0, 0.1) is 0 Å². The molecule has 1 saturated carbocycles. The summed E-state index contributed by atoms with van der Waals surface area (Å²) in [6.07, 6.45) is 9.95. The molecule has 6 rings (SSSR count). The number of fused-ring (bicyclic) bond motifs is 1. The van der Waals surface area contributed by atoms with Crippen LogP contribution in [0.2, 0.25) is 0 Å². The third-order valence-electron chi connectivity index (χ3n) is 7.25. The molecule has 1 fully saturated rings. The first-order valence-electron chi connectivity index (χ1n) is 12.7. The summed E-state index contributed by atoms with van der Waals surface area (Å²) in [4.78, 5) is 21.4. The quantitative estimate of drug-likeness (QED) is 0.324. The molecule has 3 heterocycles. The average molecular weight is 481 g/mol. The van der Waals surface area contributed by atoms with E-state index in [4.69, 9.17) is 4.98 Å². The Balaban J connectivity index is 1.30. The van der Waals surface area contributed by atoms with Crippen LogP contribution >= 0.6 is 11.3 Å². The highest BCUT2D eigenvalue weighted by atomic mass is 32.1. The summed E-state index contributed by atoms with van der Waals surface area (Å²) in [5, 5.41) is 3.55. The van der Waals surface area contributed by atoms with E-state index in [1.165, 1.54) is 47.4 Å². The van der Waals surface area contributed by atoms with Crippen LogP contribution in [-0.4, -0.2) is 16.9 Å². The third-order valence-corrected chi connectivity index (χ3v) is 8.52. The molecule has 35 heavy (non-hydrogen) atoms. The van der Waals surface area contributed by atoms with Gasteiger partial charge in [0.15, 0.2) is 6.04 Å². The second-order valence-electron chi connectivity index (χ2n) is 9.70. The van der Waals surface area contributed by atoms with Gasteiger partial charge in [0.05, 0.1) is 0 Å². The van der Waals surface area contributed by atoms with Crippen LogP contribution in [0.25, 0.3) is 11.3 Å². The molecule has 1 atom stereocenters. The lowest BCUT2D eigenvalue weighted by Crippen LogP contribution is -2.44. The number of anilines is 1. The van der Waals surface area contributed by atoms with Gasteiger partial charge in [-0.25, -0.2) is 9.78 Å². The second kappa shape index (κ2) is 9.74. The fourth-order valence-corrected chi connectivity index (χ4v) is 6.61. The van der Waals surface area contributed by atoms with Gasteiger partial charge in [0, 0.05) is 28.2 Å². The van der Waals surface area contributed by atoms with Gasteiger partial charge in [-0.3, -0.25) is 5.32 Å². The van der Waals surface area contributed by atoms with Crippen molar-refractivity contribution in [3.8, 4) is 11.3 Å². The number of aromatic nitrogens is 2. The molecule has 4 aromatic rings. The molecule has 0 bridgehead atoms. The van der Waals surface area contributed by atoms with Gasteiger partial charge >= 0.3 is 11.7 Å². The van der Waals surface area contributed by atoms with Gasteiger partial charge in [0.25, 0.3) is 0 Å². The van der Waals surface area contributed by atoms with Crippen molar-refractivity contribution in [3.05, 3.63) is 100 Å². The van der Waals surface area contributed by atoms with Gasteiger partial charge in [-0.05, 0) is 36.5 Å². The molecule has 4 nitrogen and oxygen atoms in total. The fraction of sp³-hybridized carbons (Fsp3) is 0.300. The number of nitrogens with one attached hydrogen (secondary N) is 1. The molecule has 1 N–H and O–H groups in total. The average Bonchev–Trinajstić information content (AvgIpc) is 3.51. The lowest BCUT2D eigenvalue weighted by Gasteiger charge is -2.19. The summed E-state index contributed by atoms with van der Waals surface area (Å²) in [7, 11) is 0. The maximum absolute atomic E-state index is 13.6. The topological polar surface area (TPSA) is 45.9 Å². The fourth-order valence-electron chi connectivity index (χ4n) is 5.39. The van der Waals surface area contributed by atoms with Crippen LogP contribution in [0.4, 0.5) is 5.82 Å². The van der Waals surface area contributed by atoms with E-state index in [0.29, 0.717) is 18.8 Å². The summed E-state index contributed by atoms with van der Waals surface area (Å²) in [5.74, 6) is 1.63. The molecule has 1 unspecified atom stereocenters. The van der Waals surface area contributed by atoms with E-state index in [1.54, 1.807) is 4.57 Å². The van der Waals surface area contributed by atoms with Crippen molar-refractivity contribution < 1.29 is 9.36 Å². The predicted molar refractivity (Wildman–Crippen MR) is 141 cm³/mol. The standard InChI is InChI=1S/C30H29N3OS/c34-30-26(19-24-16-17-28(35-24)23-14-8-3-9-15-23)32-29-25(18-21-10-4-1-5-11-21)31-27(20-33(29)30)22-12-6-2-7-13-22/h1-2,4-7,10-13,16-17,20,23,26H,3,8-9,14-15,18-19H2/p+1. The van der Waals surface area contributed by atoms with Gasteiger partial charge in [-0.2, -0.15) is 4.57 Å². The lowest BCUT2D eigenvalue weighted by molar-refractivity contribution is -0.552. The maximum Gasteiger partial charge on any atom is 0.359 e. The molecule has 0 amide bonds. The zero-order valence-corrected chi connectivity index (χ0v) is 20.6. The van der Waals surface area contributed by atoms with Crippen LogP contribution in [0.5, 0.6) is 0 Å². The lowest BCUT2D eigenvalue weighted by atomic mass is 9.88. The zero-order chi connectivity index (χ0) is 23.6. The Bertz CT molecular complexity index is 1330. The van der Waals surface area contributed by atoms with Crippen LogP contribution in [-0.2, 0) is 12.8 Å². The number of thiophene rings is 1. The second-order valence-corrected chi connectivity index (χ2v) is 10.9. The van der Waals surface area contributed by atoms with Gasteiger partial charge in [0.2, 0.25) is 0 Å². The highest BCUT2D eigenvalue weighted by Crippen LogP contribution is 2.37. The Labute approximate surface area is 210 Å². The summed E-state index contributed by atoms with van der Waals surface area (Å²) in [6, 6.07) is 24.7. The first-order chi connectivity index (χ1) is 17.2. The Morgan fingerprint density at radius 3 is 2.43 bits per heavy atom. The molecule has 2 aromatic heterocycles. The van der Waals surface area contributed by atoms with Gasteiger partial charge < -0.3 is 0 Å². The SMILES string of the molecule is O=C1C(Cc2ccc(C3CCCCC3)s2)Nc2c(Cc3ccccc3)nc(-c3ccccc3)c[n+]21. The molecule has 0 radical (unpaired) electrons. The summed E-state index contributed by atoms with van der Waals surface area (Å²) in [5.41, 5.74) is 3.93. The number of rotatable bonds is 6. The molecule has 176 valence electrons.